The average Bonchev–Trinajstić information content (AvgIpc) is 3.29. The zero-order valence-electron chi connectivity index (χ0n) is 18.3. The summed E-state index contributed by atoms with van der Waals surface area (Å²) in [7, 11) is 0. The molecule has 0 unspecified atom stereocenters. The number of amides is 1. The lowest BCUT2D eigenvalue weighted by atomic mass is 10.1. The monoisotopic (exact) mass is 441 g/mol. The van der Waals surface area contributed by atoms with Crippen LogP contribution in [0.3, 0.4) is 0 Å². The Morgan fingerprint density at radius 1 is 1.15 bits per heavy atom. The second kappa shape index (κ2) is 9.03. The van der Waals surface area contributed by atoms with Gasteiger partial charge in [0, 0.05) is 36.8 Å². The maximum Gasteiger partial charge on any atom is 0.259 e. The molecule has 0 radical (unpaired) electrons. The van der Waals surface area contributed by atoms with Crippen molar-refractivity contribution in [1.82, 2.24) is 19.9 Å². The van der Waals surface area contributed by atoms with E-state index in [1.807, 2.05) is 12.3 Å². The van der Waals surface area contributed by atoms with Gasteiger partial charge in [-0.2, -0.15) is 0 Å². The first-order valence-corrected chi connectivity index (χ1v) is 11.0. The van der Waals surface area contributed by atoms with Gasteiger partial charge in [0.15, 0.2) is 0 Å². The normalized spacial score (nSPS) is 16.2. The Balaban J connectivity index is 1.25. The highest BCUT2D eigenvalue weighted by atomic mass is 19.1. The zero-order chi connectivity index (χ0) is 22.8. The van der Waals surface area contributed by atoms with Crippen molar-refractivity contribution in [2.45, 2.75) is 25.8 Å². The van der Waals surface area contributed by atoms with Crippen LogP contribution < -0.4 is 5.32 Å². The second-order valence-corrected chi connectivity index (χ2v) is 8.41. The van der Waals surface area contributed by atoms with Crippen molar-refractivity contribution < 1.29 is 9.18 Å². The third-order valence-electron chi connectivity index (χ3n) is 6.08. The number of anilines is 1. The van der Waals surface area contributed by atoms with Crippen molar-refractivity contribution >= 4 is 22.5 Å². The molecule has 2 aromatic heterocycles. The zero-order valence-corrected chi connectivity index (χ0v) is 18.3. The lowest BCUT2D eigenvalue weighted by Crippen LogP contribution is -2.21. The first-order chi connectivity index (χ1) is 16.1. The van der Waals surface area contributed by atoms with Gasteiger partial charge < -0.3 is 5.32 Å². The number of pyridine rings is 1. The topological polar surface area (TPSA) is 71.0 Å². The summed E-state index contributed by atoms with van der Waals surface area (Å²) in [6, 6.07) is 16.5. The molecule has 4 aromatic rings. The Morgan fingerprint density at radius 2 is 2.03 bits per heavy atom. The number of carbonyl (C=O) groups excluding carboxylic acids is 1. The minimum absolute atomic E-state index is 0.141. The molecule has 0 saturated carbocycles. The van der Waals surface area contributed by atoms with Crippen LogP contribution in [0.1, 0.15) is 39.8 Å². The van der Waals surface area contributed by atoms with E-state index in [4.69, 9.17) is 0 Å². The number of hydrogen-bond donors (Lipinski definition) is 1. The van der Waals surface area contributed by atoms with E-state index in [1.165, 1.54) is 17.7 Å². The Kier molecular flexibility index (Phi) is 5.79. The smallest absolute Gasteiger partial charge is 0.259 e. The number of benzene rings is 2. The van der Waals surface area contributed by atoms with Crippen molar-refractivity contribution in [3.63, 3.8) is 0 Å². The highest BCUT2D eigenvalue weighted by Crippen LogP contribution is 2.27. The molecule has 1 N–H and O–H groups in total. The number of nitrogens with zero attached hydrogens (tertiary/aromatic N) is 4. The summed E-state index contributed by atoms with van der Waals surface area (Å²) >= 11 is 0. The number of nitrogens with one attached hydrogen (secondary N) is 1. The SMILES string of the molecule is Cc1nc([C@H]2CCN(Cc3ccc4ncccc4c3)C2)ncc1C(=O)Nc1ccccc1F. The van der Waals surface area contributed by atoms with E-state index in [9.17, 15) is 9.18 Å². The molecular weight excluding hydrogens is 417 g/mol. The van der Waals surface area contributed by atoms with Crippen LogP contribution in [0.15, 0.2) is 67.0 Å². The van der Waals surface area contributed by atoms with Crippen LogP contribution in [0.4, 0.5) is 10.1 Å². The van der Waals surface area contributed by atoms with Crippen LogP contribution in [0.2, 0.25) is 0 Å². The van der Waals surface area contributed by atoms with Gasteiger partial charge in [0.05, 0.1) is 22.5 Å². The number of carbonyl (C=O) groups is 1. The minimum atomic E-state index is -0.477. The summed E-state index contributed by atoms with van der Waals surface area (Å²) in [6.07, 6.45) is 4.33. The van der Waals surface area contributed by atoms with Gasteiger partial charge in [-0.1, -0.05) is 24.3 Å². The van der Waals surface area contributed by atoms with Gasteiger partial charge in [0.25, 0.3) is 5.91 Å². The number of rotatable bonds is 5. The summed E-state index contributed by atoms with van der Waals surface area (Å²) in [5.74, 6) is 0.0763. The molecule has 1 saturated heterocycles. The van der Waals surface area contributed by atoms with Crippen LogP contribution in [-0.4, -0.2) is 38.8 Å². The molecule has 166 valence electrons. The van der Waals surface area contributed by atoms with Gasteiger partial charge in [-0.15, -0.1) is 0 Å². The van der Waals surface area contributed by atoms with E-state index in [2.05, 4.69) is 49.4 Å². The third-order valence-corrected chi connectivity index (χ3v) is 6.08. The van der Waals surface area contributed by atoms with Crippen molar-refractivity contribution in [2.24, 2.45) is 0 Å². The van der Waals surface area contributed by atoms with E-state index in [0.29, 0.717) is 11.3 Å². The molecule has 5 rings (SSSR count). The predicted octanol–water partition coefficient (Wildman–Crippen LogP) is 4.71. The molecule has 1 amide bonds. The van der Waals surface area contributed by atoms with E-state index in [1.54, 1.807) is 25.3 Å². The molecule has 33 heavy (non-hydrogen) atoms. The van der Waals surface area contributed by atoms with Crippen LogP contribution in [0.5, 0.6) is 0 Å². The van der Waals surface area contributed by atoms with Gasteiger partial charge in [0.1, 0.15) is 11.6 Å². The van der Waals surface area contributed by atoms with Crippen molar-refractivity contribution in [1.29, 1.82) is 0 Å². The maximum atomic E-state index is 13.9. The lowest BCUT2D eigenvalue weighted by Gasteiger charge is -2.16. The molecule has 3 heterocycles. The van der Waals surface area contributed by atoms with Crippen LogP contribution in [-0.2, 0) is 6.54 Å². The van der Waals surface area contributed by atoms with Gasteiger partial charge in [-0.3, -0.25) is 14.7 Å². The number of aromatic nitrogens is 3. The van der Waals surface area contributed by atoms with E-state index < -0.39 is 11.7 Å². The summed E-state index contributed by atoms with van der Waals surface area (Å²) in [5.41, 5.74) is 3.34. The average molecular weight is 442 g/mol. The standard InChI is InChI=1S/C26H24FN5O/c1-17-21(26(33)31-24-7-3-2-6-22(24)27)14-29-25(30-17)20-10-12-32(16-20)15-18-8-9-23-19(13-18)5-4-11-28-23/h2-9,11,13-14,20H,10,12,15-16H2,1H3,(H,31,33)/t20-/m0/s1. The quantitative estimate of drug-likeness (QED) is 0.486. The Hall–Kier alpha value is -3.71. The van der Waals surface area contributed by atoms with Crippen LogP contribution >= 0.6 is 0 Å². The molecular formula is C26H24FN5O. The molecule has 7 heteroatoms. The number of fused-ring (bicyclic) bond motifs is 1. The number of para-hydroxylation sites is 1. The molecule has 2 aromatic carbocycles. The van der Waals surface area contributed by atoms with E-state index in [0.717, 1.165) is 42.8 Å². The lowest BCUT2D eigenvalue weighted by molar-refractivity contribution is 0.102. The van der Waals surface area contributed by atoms with E-state index in [-0.39, 0.29) is 11.6 Å². The molecule has 1 aliphatic rings. The highest BCUT2D eigenvalue weighted by Gasteiger charge is 2.27. The Bertz CT molecular complexity index is 1330. The van der Waals surface area contributed by atoms with Crippen molar-refractivity contribution in [3.05, 3.63) is 95.5 Å². The summed E-state index contributed by atoms with van der Waals surface area (Å²) in [4.78, 5) is 28.5. The molecule has 6 nitrogen and oxygen atoms in total. The fourth-order valence-electron chi connectivity index (χ4n) is 4.33. The number of halogens is 1. The largest absolute Gasteiger partial charge is 0.319 e. The summed E-state index contributed by atoms with van der Waals surface area (Å²) in [6.45, 7) is 4.49. The van der Waals surface area contributed by atoms with Gasteiger partial charge in [-0.25, -0.2) is 14.4 Å². The molecule has 0 bridgehead atoms. The third kappa shape index (κ3) is 4.59. The van der Waals surface area contributed by atoms with Crippen LogP contribution in [0, 0.1) is 12.7 Å². The Morgan fingerprint density at radius 3 is 2.88 bits per heavy atom. The minimum Gasteiger partial charge on any atom is -0.319 e. The molecule has 1 atom stereocenters. The Labute approximate surface area is 191 Å². The maximum absolute atomic E-state index is 13.9. The molecule has 1 aliphatic heterocycles. The first kappa shape index (κ1) is 21.2. The number of hydrogen-bond acceptors (Lipinski definition) is 5. The first-order valence-electron chi connectivity index (χ1n) is 11.0. The summed E-state index contributed by atoms with van der Waals surface area (Å²) in [5, 5.41) is 3.74. The van der Waals surface area contributed by atoms with Gasteiger partial charge >= 0.3 is 0 Å². The fourth-order valence-corrected chi connectivity index (χ4v) is 4.33. The van der Waals surface area contributed by atoms with Crippen molar-refractivity contribution in [2.75, 3.05) is 18.4 Å². The fraction of sp³-hybridized carbons (Fsp3) is 0.231. The predicted molar refractivity (Wildman–Crippen MR) is 126 cm³/mol. The van der Waals surface area contributed by atoms with E-state index >= 15 is 0 Å². The molecule has 0 aliphatic carbocycles. The van der Waals surface area contributed by atoms with Gasteiger partial charge in [-0.05, 0) is 55.8 Å². The number of aryl methyl sites for hydroxylation is 1. The molecule has 0 spiro atoms. The van der Waals surface area contributed by atoms with Gasteiger partial charge in [0.2, 0.25) is 0 Å². The highest BCUT2D eigenvalue weighted by molar-refractivity contribution is 6.04. The molecule has 1 fully saturated rings. The van der Waals surface area contributed by atoms with Crippen molar-refractivity contribution in [3.8, 4) is 0 Å². The summed E-state index contributed by atoms with van der Waals surface area (Å²) < 4.78 is 13.9. The number of likely N-dealkylation sites (tertiary alicyclic amines) is 1. The van der Waals surface area contributed by atoms with Crippen LogP contribution in [0.25, 0.3) is 10.9 Å². The second-order valence-electron chi connectivity index (χ2n) is 8.41.